The highest BCUT2D eigenvalue weighted by Gasteiger charge is 2.18. The fourth-order valence-electron chi connectivity index (χ4n) is 2.52. The van der Waals surface area contributed by atoms with Gasteiger partial charge in [-0.1, -0.05) is 0 Å². The SMILES string of the molecule is CCOc1ccc(NC(=O)C(C)n2ncc3ccc(N)cc32)cc1. The Bertz CT molecular complexity index is 855. The van der Waals surface area contributed by atoms with Gasteiger partial charge in [-0.2, -0.15) is 5.10 Å². The van der Waals surface area contributed by atoms with Gasteiger partial charge in [0.15, 0.2) is 0 Å². The first-order chi connectivity index (χ1) is 11.6. The van der Waals surface area contributed by atoms with Gasteiger partial charge in [-0.05, 0) is 56.3 Å². The Morgan fingerprint density at radius 3 is 2.75 bits per heavy atom. The van der Waals surface area contributed by atoms with Crippen molar-refractivity contribution in [1.29, 1.82) is 0 Å². The predicted molar refractivity (Wildman–Crippen MR) is 95.1 cm³/mol. The summed E-state index contributed by atoms with van der Waals surface area (Å²) in [4.78, 5) is 12.5. The quantitative estimate of drug-likeness (QED) is 0.706. The van der Waals surface area contributed by atoms with E-state index < -0.39 is 6.04 Å². The first-order valence-electron chi connectivity index (χ1n) is 7.85. The van der Waals surface area contributed by atoms with E-state index in [1.54, 1.807) is 17.8 Å². The van der Waals surface area contributed by atoms with Crippen LogP contribution in [0.2, 0.25) is 0 Å². The lowest BCUT2D eigenvalue weighted by Gasteiger charge is -2.14. The van der Waals surface area contributed by atoms with E-state index in [-0.39, 0.29) is 5.91 Å². The zero-order chi connectivity index (χ0) is 17.1. The minimum atomic E-state index is -0.462. The van der Waals surface area contributed by atoms with Gasteiger partial charge < -0.3 is 15.8 Å². The molecule has 0 bridgehead atoms. The van der Waals surface area contributed by atoms with Crippen molar-refractivity contribution in [3.8, 4) is 5.75 Å². The molecule has 1 amide bonds. The maximum Gasteiger partial charge on any atom is 0.248 e. The number of nitrogens with one attached hydrogen (secondary N) is 1. The normalized spacial score (nSPS) is 12.1. The number of nitrogens with zero attached hydrogens (tertiary/aromatic N) is 2. The van der Waals surface area contributed by atoms with Crippen LogP contribution >= 0.6 is 0 Å². The summed E-state index contributed by atoms with van der Waals surface area (Å²) >= 11 is 0. The first-order valence-corrected chi connectivity index (χ1v) is 7.85. The van der Waals surface area contributed by atoms with Crippen LogP contribution in [0.3, 0.4) is 0 Å². The number of rotatable bonds is 5. The van der Waals surface area contributed by atoms with E-state index in [0.717, 1.165) is 16.7 Å². The van der Waals surface area contributed by atoms with E-state index in [0.29, 0.717) is 18.0 Å². The second-order valence-corrected chi connectivity index (χ2v) is 5.53. The molecule has 0 aliphatic heterocycles. The molecule has 0 fully saturated rings. The number of aromatic nitrogens is 2. The third-order valence-corrected chi connectivity index (χ3v) is 3.80. The molecule has 3 rings (SSSR count). The van der Waals surface area contributed by atoms with Crippen LogP contribution < -0.4 is 15.8 Å². The van der Waals surface area contributed by atoms with Crippen molar-refractivity contribution in [3.63, 3.8) is 0 Å². The second-order valence-electron chi connectivity index (χ2n) is 5.53. The molecule has 0 radical (unpaired) electrons. The average Bonchev–Trinajstić information content (AvgIpc) is 2.99. The second kappa shape index (κ2) is 6.62. The van der Waals surface area contributed by atoms with Gasteiger partial charge >= 0.3 is 0 Å². The minimum absolute atomic E-state index is 0.147. The highest BCUT2D eigenvalue weighted by molar-refractivity contribution is 5.94. The van der Waals surface area contributed by atoms with E-state index in [1.165, 1.54) is 0 Å². The van der Waals surface area contributed by atoms with Crippen molar-refractivity contribution >= 4 is 28.2 Å². The molecular formula is C18H20N4O2. The number of hydrogen-bond acceptors (Lipinski definition) is 4. The highest BCUT2D eigenvalue weighted by atomic mass is 16.5. The van der Waals surface area contributed by atoms with E-state index in [2.05, 4.69) is 10.4 Å². The van der Waals surface area contributed by atoms with Gasteiger partial charge in [0.1, 0.15) is 11.8 Å². The van der Waals surface area contributed by atoms with E-state index >= 15 is 0 Å². The molecule has 0 saturated carbocycles. The van der Waals surface area contributed by atoms with Crippen molar-refractivity contribution in [2.75, 3.05) is 17.7 Å². The Hall–Kier alpha value is -3.02. The topological polar surface area (TPSA) is 82.2 Å². The molecule has 0 spiro atoms. The zero-order valence-electron chi connectivity index (χ0n) is 13.7. The number of benzene rings is 2. The van der Waals surface area contributed by atoms with Crippen LogP contribution in [0.15, 0.2) is 48.7 Å². The third-order valence-electron chi connectivity index (χ3n) is 3.80. The Morgan fingerprint density at radius 2 is 2.04 bits per heavy atom. The zero-order valence-corrected chi connectivity index (χ0v) is 13.7. The number of amides is 1. The lowest BCUT2D eigenvalue weighted by molar-refractivity contribution is -0.119. The lowest BCUT2D eigenvalue weighted by Crippen LogP contribution is -2.24. The van der Waals surface area contributed by atoms with Crippen LogP contribution in [0.5, 0.6) is 5.75 Å². The molecule has 2 aromatic carbocycles. The Labute approximate surface area is 140 Å². The van der Waals surface area contributed by atoms with E-state index in [4.69, 9.17) is 10.5 Å². The van der Waals surface area contributed by atoms with Crippen LogP contribution in [-0.4, -0.2) is 22.3 Å². The summed E-state index contributed by atoms with van der Waals surface area (Å²) in [6.07, 6.45) is 1.73. The summed E-state index contributed by atoms with van der Waals surface area (Å²) in [5.74, 6) is 0.628. The van der Waals surface area contributed by atoms with Crippen molar-refractivity contribution in [3.05, 3.63) is 48.7 Å². The summed E-state index contributed by atoms with van der Waals surface area (Å²) in [5.41, 5.74) is 8.03. The highest BCUT2D eigenvalue weighted by Crippen LogP contribution is 2.22. The Balaban J connectivity index is 1.77. The van der Waals surface area contributed by atoms with Gasteiger partial charge in [0.25, 0.3) is 0 Å². The lowest BCUT2D eigenvalue weighted by atomic mass is 10.2. The van der Waals surface area contributed by atoms with Gasteiger partial charge in [0, 0.05) is 16.8 Å². The molecule has 6 nitrogen and oxygen atoms in total. The minimum Gasteiger partial charge on any atom is -0.494 e. The molecule has 6 heteroatoms. The number of carbonyl (C=O) groups is 1. The van der Waals surface area contributed by atoms with Crippen LogP contribution in [-0.2, 0) is 4.79 Å². The number of hydrogen-bond donors (Lipinski definition) is 2. The van der Waals surface area contributed by atoms with Gasteiger partial charge in [-0.3, -0.25) is 9.48 Å². The van der Waals surface area contributed by atoms with E-state index in [1.807, 2.05) is 49.4 Å². The molecule has 0 saturated heterocycles. The molecular weight excluding hydrogens is 304 g/mol. The number of fused-ring (bicyclic) bond motifs is 1. The standard InChI is InChI=1S/C18H20N4O2/c1-3-24-16-8-6-15(7-9-16)21-18(23)12(2)22-17-10-14(19)5-4-13(17)11-20-22/h4-12H,3,19H2,1-2H3,(H,21,23). The first kappa shape index (κ1) is 15.9. The molecule has 24 heavy (non-hydrogen) atoms. The van der Waals surface area contributed by atoms with Crippen molar-refractivity contribution in [2.45, 2.75) is 19.9 Å². The summed E-state index contributed by atoms with van der Waals surface area (Å²) in [7, 11) is 0. The molecule has 3 aromatic rings. The van der Waals surface area contributed by atoms with Gasteiger partial charge in [0.2, 0.25) is 5.91 Å². The van der Waals surface area contributed by atoms with Crippen molar-refractivity contribution in [1.82, 2.24) is 9.78 Å². The van der Waals surface area contributed by atoms with Crippen LogP contribution in [0, 0.1) is 0 Å². The molecule has 3 N–H and O–H groups in total. The van der Waals surface area contributed by atoms with Gasteiger partial charge in [-0.25, -0.2) is 0 Å². The number of nitrogen functional groups attached to an aromatic ring is 1. The fourth-order valence-corrected chi connectivity index (χ4v) is 2.52. The van der Waals surface area contributed by atoms with Crippen molar-refractivity contribution < 1.29 is 9.53 Å². The maximum atomic E-state index is 12.5. The largest absolute Gasteiger partial charge is 0.494 e. The molecule has 124 valence electrons. The molecule has 1 unspecified atom stereocenters. The van der Waals surface area contributed by atoms with Crippen LogP contribution in [0.4, 0.5) is 11.4 Å². The molecule has 1 heterocycles. The number of nitrogens with two attached hydrogens (primary N) is 1. The van der Waals surface area contributed by atoms with Crippen LogP contribution in [0.1, 0.15) is 19.9 Å². The van der Waals surface area contributed by atoms with Gasteiger partial charge in [-0.15, -0.1) is 0 Å². The smallest absolute Gasteiger partial charge is 0.248 e. The number of carbonyl (C=O) groups excluding carboxylic acids is 1. The predicted octanol–water partition coefficient (Wildman–Crippen LogP) is 3.22. The number of anilines is 2. The summed E-state index contributed by atoms with van der Waals surface area (Å²) < 4.78 is 7.07. The summed E-state index contributed by atoms with van der Waals surface area (Å²) in [5, 5.41) is 8.16. The van der Waals surface area contributed by atoms with E-state index in [9.17, 15) is 4.79 Å². The Kier molecular flexibility index (Phi) is 4.37. The van der Waals surface area contributed by atoms with Crippen molar-refractivity contribution in [2.24, 2.45) is 0 Å². The summed E-state index contributed by atoms with van der Waals surface area (Å²) in [6, 6.07) is 12.4. The average molecular weight is 324 g/mol. The van der Waals surface area contributed by atoms with Gasteiger partial charge in [0.05, 0.1) is 18.3 Å². The third kappa shape index (κ3) is 3.17. The molecule has 0 aliphatic rings. The number of ether oxygens (including phenoxy) is 1. The molecule has 0 aliphatic carbocycles. The fraction of sp³-hybridized carbons (Fsp3) is 0.222. The summed E-state index contributed by atoms with van der Waals surface area (Å²) in [6.45, 7) is 4.34. The maximum absolute atomic E-state index is 12.5. The Morgan fingerprint density at radius 1 is 1.29 bits per heavy atom. The molecule has 1 aromatic heterocycles. The monoisotopic (exact) mass is 324 g/mol. The van der Waals surface area contributed by atoms with Crippen LogP contribution in [0.25, 0.3) is 10.9 Å². The molecule has 1 atom stereocenters.